The van der Waals surface area contributed by atoms with Gasteiger partial charge in [-0.15, -0.1) is 22.8 Å². The maximum Gasteiger partial charge on any atom is 2.00 e. The van der Waals surface area contributed by atoms with E-state index in [0.29, 0.717) is 0 Å². The van der Waals surface area contributed by atoms with Crippen LogP contribution in [0.3, 0.4) is 0 Å². The van der Waals surface area contributed by atoms with Gasteiger partial charge in [-0.05, 0) is 175 Å². The fraction of sp³-hybridized carbons (Fsp3) is 0.265. The third-order valence-corrected chi connectivity index (χ3v) is 16.7. The number of aryl methyl sites for hydroxylation is 4. The van der Waals surface area contributed by atoms with Crippen molar-refractivity contribution in [1.82, 2.24) is 9.97 Å². The Balaban J connectivity index is 0.000000169. The van der Waals surface area contributed by atoms with Gasteiger partial charge < -0.3 is 9.97 Å². The van der Waals surface area contributed by atoms with Crippen LogP contribution < -0.4 is 9.97 Å². The Hall–Kier alpha value is -5.82. The topological polar surface area (TPSA) is 52.9 Å². The van der Waals surface area contributed by atoms with Crippen LogP contribution in [0.25, 0.3) is 56.2 Å². The van der Waals surface area contributed by atoms with Gasteiger partial charge in [-0.3, -0.25) is 0 Å². The van der Waals surface area contributed by atoms with Gasteiger partial charge in [0.15, 0.2) is 0 Å². The van der Waals surface area contributed by atoms with E-state index in [9.17, 15) is 0 Å². The summed E-state index contributed by atoms with van der Waals surface area (Å²) in [6.07, 6.45) is 8.30. The van der Waals surface area contributed by atoms with E-state index in [-0.39, 0.29) is 27.9 Å². The van der Waals surface area contributed by atoms with Crippen LogP contribution in [0.5, 0.6) is 0 Å². The van der Waals surface area contributed by atoms with E-state index in [1.54, 1.807) is 0 Å². The minimum Gasteiger partial charge on any atom is -0.656 e. The average Bonchev–Trinajstić information content (AvgIpc) is 4.19. The molecule has 7 heteroatoms. The second kappa shape index (κ2) is 20.0. The maximum atomic E-state index is 5.30. The van der Waals surface area contributed by atoms with E-state index in [0.717, 1.165) is 85.6 Å². The maximum absolute atomic E-state index is 5.30. The Morgan fingerprint density at radius 2 is 0.880 bits per heavy atom. The molecule has 0 saturated carbocycles. The molecule has 2 aliphatic carbocycles. The predicted molar refractivity (Wildman–Crippen MR) is 321 cm³/mol. The molecule has 75 heavy (non-hydrogen) atoms. The van der Waals surface area contributed by atoms with Crippen molar-refractivity contribution in [2.45, 2.75) is 120 Å². The molecule has 12 rings (SSSR count). The summed E-state index contributed by atoms with van der Waals surface area (Å²) in [6, 6.07) is 39.7. The molecule has 4 nitrogen and oxygen atoms in total. The number of hydrogen-bond acceptors (Lipinski definition) is 2. The van der Waals surface area contributed by atoms with E-state index in [2.05, 4.69) is 236 Å². The van der Waals surface area contributed by atoms with Crippen molar-refractivity contribution in [3.8, 4) is 22.5 Å². The molecule has 4 heterocycles. The third kappa shape index (κ3) is 9.41. The molecular formula is C68H64Br2CuN4. The molecule has 0 amide bonds. The number of rotatable bonds is 6. The Bertz CT molecular complexity index is 3840. The molecule has 0 unspecified atom stereocenters. The van der Waals surface area contributed by atoms with Crippen molar-refractivity contribution in [2.24, 2.45) is 9.98 Å². The van der Waals surface area contributed by atoms with Crippen LogP contribution >= 0.6 is 31.9 Å². The van der Waals surface area contributed by atoms with Gasteiger partial charge in [0.25, 0.3) is 0 Å². The van der Waals surface area contributed by atoms with Crippen LogP contribution in [-0.4, -0.2) is 11.4 Å². The molecular weight excluding hydrogens is 1100 g/mol. The van der Waals surface area contributed by atoms with Gasteiger partial charge in [0.2, 0.25) is 0 Å². The summed E-state index contributed by atoms with van der Waals surface area (Å²) >= 11 is 7.41. The molecule has 0 spiro atoms. The predicted octanol–water partition coefficient (Wildman–Crippen LogP) is 18.5. The quantitative estimate of drug-likeness (QED) is 0.156. The van der Waals surface area contributed by atoms with Gasteiger partial charge >= 0.3 is 17.1 Å². The summed E-state index contributed by atoms with van der Waals surface area (Å²) in [5, 5.41) is 4.70. The van der Waals surface area contributed by atoms with Crippen LogP contribution in [0.1, 0.15) is 135 Å². The first-order valence-corrected chi connectivity index (χ1v) is 27.9. The molecule has 6 aromatic carbocycles. The fourth-order valence-electron chi connectivity index (χ4n) is 11.9. The molecule has 8 aromatic rings. The molecule has 2 aromatic heterocycles. The van der Waals surface area contributed by atoms with Gasteiger partial charge in [-0.25, -0.2) is 9.98 Å². The normalized spacial score (nSPS) is 15.9. The van der Waals surface area contributed by atoms with Crippen LogP contribution in [-0.2, 0) is 40.7 Å². The van der Waals surface area contributed by atoms with E-state index < -0.39 is 0 Å². The van der Waals surface area contributed by atoms with Crippen molar-refractivity contribution in [1.29, 1.82) is 0 Å². The van der Waals surface area contributed by atoms with Gasteiger partial charge in [0.05, 0.1) is 22.8 Å². The van der Waals surface area contributed by atoms with Crippen molar-refractivity contribution in [3.05, 3.63) is 219 Å². The molecule has 0 bridgehead atoms. The Morgan fingerprint density at radius 1 is 0.493 bits per heavy atom. The second-order valence-corrected chi connectivity index (χ2v) is 24.6. The minimum absolute atomic E-state index is 0. The number of nitrogens with zero attached hydrogens (tertiary/aromatic N) is 4. The molecule has 4 aliphatic rings. The van der Waals surface area contributed by atoms with Crippen molar-refractivity contribution >= 4 is 77.0 Å². The number of aliphatic imine (C=N–C) groups is 2. The summed E-state index contributed by atoms with van der Waals surface area (Å²) in [5.74, 6) is 0. The minimum atomic E-state index is 0. The van der Waals surface area contributed by atoms with E-state index in [4.69, 9.17) is 20.0 Å². The summed E-state index contributed by atoms with van der Waals surface area (Å²) in [7, 11) is 0. The SMILES string of the molecule is CCC1=C2Cc3ccccc3C2=N/C1=C\c1[n-]c(-c2c(C)cc(C(C)(C)C)cc2C)c2cc(Br)ccc12.CCC1=C2Cc3ccccc3C2=N/C1=C\c1[n-]c(-c2c(C)cc(C(C)(C)C)cc2C)c2ccc(Br)cc12.[Cu+2]. The molecule has 0 N–H and O–H groups in total. The van der Waals surface area contributed by atoms with E-state index >= 15 is 0 Å². The Kier molecular flexibility index (Phi) is 14.0. The van der Waals surface area contributed by atoms with Crippen LogP contribution in [0.15, 0.2) is 162 Å². The standard InChI is InChI=1S/2C34H32BrN2.Cu/c1-7-24-28-16-21-10-8-9-11-25(21)32(28)36-29(24)18-30-27-17-23(35)12-13-26(27)33(37-30)31-19(2)14-22(15-20(31)3)34(4,5)6;1-7-24-27-16-21-10-8-9-11-25(21)32(27)36-29(24)18-30-26-13-12-23(35)17-28(26)33(37-30)31-19(2)14-22(15-20(31)3)34(4,5)6;/h2*8-15,17-18H,7,16H2,1-6H3;/q2*-1;+2/b2*29-18-;. The van der Waals surface area contributed by atoms with Crippen LogP contribution in [0.2, 0.25) is 0 Å². The van der Waals surface area contributed by atoms with Gasteiger partial charge in [0, 0.05) is 32.9 Å². The number of aromatic nitrogens is 2. The molecule has 1 radical (unpaired) electrons. The first kappa shape index (κ1) is 52.6. The zero-order valence-electron chi connectivity index (χ0n) is 45.2. The first-order valence-electron chi connectivity index (χ1n) is 26.3. The van der Waals surface area contributed by atoms with Crippen LogP contribution in [0.4, 0.5) is 0 Å². The largest absolute Gasteiger partial charge is 2.00 e. The smallest absolute Gasteiger partial charge is 0.656 e. The van der Waals surface area contributed by atoms with E-state index in [1.165, 1.54) is 105 Å². The zero-order valence-corrected chi connectivity index (χ0v) is 49.3. The average molecular weight is 1160 g/mol. The third-order valence-electron chi connectivity index (χ3n) is 15.7. The van der Waals surface area contributed by atoms with Crippen molar-refractivity contribution in [2.75, 3.05) is 0 Å². The zero-order chi connectivity index (χ0) is 52.1. The van der Waals surface area contributed by atoms with Gasteiger partial charge in [-0.2, -0.15) is 0 Å². The second-order valence-electron chi connectivity index (χ2n) is 22.8. The fourth-order valence-corrected chi connectivity index (χ4v) is 12.6. The van der Waals surface area contributed by atoms with Gasteiger partial charge in [0.1, 0.15) is 0 Å². The van der Waals surface area contributed by atoms with Crippen molar-refractivity contribution in [3.63, 3.8) is 0 Å². The van der Waals surface area contributed by atoms with Gasteiger partial charge in [-0.1, -0.05) is 184 Å². The van der Waals surface area contributed by atoms with E-state index in [1.807, 2.05) is 0 Å². The molecule has 0 atom stereocenters. The number of fused-ring (bicyclic) bond motifs is 8. The Morgan fingerprint density at radius 3 is 1.31 bits per heavy atom. The number of halogens is 2. The summed E-state index contributed by atoms with van der Waals surface area (Å²) in [4.78, 5) is 20.9. The molecule has 0 fully saturated rings. The number of allylic oxidation sites excluding steroid dienone is 4. The summed E-state index contributed by atoms with van der Waals surface area (Å²) in [5.41, 5.74) is 29.8. The van der Waals surface area contributed by atoms with Crippen molar-refractivity contribution < 1.29 is 17.1 Å². The monoisotopic (exact) mass is 1160 g/mol. The first-order chi connectivity index (χ1) is 35.3. The summed E-state index contributed by atoms with van der Waals surface area (Å²) in [6.45, 7) is 27.0. The molecule has 0 saturated heterocycles. The molecule has 2 aliphatic heterocycles. The molecule has 381 valence electrons. The number of benzene rings is 6. The number of hydrogen-bond donors (Lipinski definition) is 0. The Labute approximate surface area is 471 Å². The van der Waals surface area contributed by atoms with Crippen LogP contribution in [0, 0.1) is 27.7 Å². The summed E-state index contributed by atoms with van der Waals surface area (Å²) < 4.78 is 2.13.